The average Bonchev–Trinajstić information content (AvgIpc) is 3.16. The second-order valence-corrected chi connectivity index (χ2v) is 18.0. The highest BCUT2D eigenvalue weighted by molar-refractivity contribution is 5.78. The van der Waals surface area contributed by atoms with Crippen LogP contribution in [0, 0.1) is 40.9 Å². The van der Waals surface area contributed by atoms with Gasteiger partial charge in [-0.05, 0) is 106 Å². The van der Waals surface area contributed by atoms with E-state index >= 15 is 0 Å². The molecule has 0 radical (unpaired) electrons. The number of ether oxygens (including phenoxy) is 2. The number of esters is 1. The first-order valence-corrected chi connectivity index (χ1v) is 21.0. The van der Waals surface area contributed by atoms with Crippen LogP contribution in [-0.4, -0.2) is 124 Å². The van der Waals surface area contributed by atoms with Crippen LogP contribution < -0.4 is 21.1 Å². The maximum atomic E-state index is 13.1. The summed E-state index contributed by atoms with van der Waals surface area (Å²) >= 11 is 0. The fourth-order valence-electron chi connectivity index (χ4n) is 11.5. The van der Waals surface area contributed by atoms with Crippen molar-refractivity contribution in [1.82, 2.24) is 20.4 Å². The van der Waals surface area contributed by atoms with Gasteiger partial charge >= 0.3 is 5.97 Å². The lowest BCUT2D eigenvalue weighted by atomic mass is 9.62. The third-order valence-corrected chi connectivity index (χ3v) is 14.3. The molecule has 55 heavy (non-hydrogen) atoms. The standard InChI is InChI=1S/C42H62N6O7/c1-26(50)54-38-18-33(51)6-10-41(23-45-40(43)46-25-47-19-27-13-30(21-47)36-7-11-42(41,53)24-48(36)20-27)9-5-28-3-2-4-32-17-34(8-12-44-32)55-39-16-29(14-35(28)38)31(22-49)15-37(39)52/h15-16,27-28,30,32-36,38,44,49,51-53H,2-4,6-8,10-14,17-25H2,1H3,(H3,43,45,46)/t27-,28+,30+,32+,33-,34-,35+,36-,38-,41+,42-/m0/s1. The Labute approximate surface area is 325 Å². The highest BCUT2D eigenvalue weighted by Crippen LogP contribution is 2.48. The number of aliphatic hydroxyl groups excluding tert-OH is 2. The first-order chi connectivity index (χ1) is 26.5. The van der Waals surface area contributed by atoms with Crippen LogP contribution in [0.1, 0.15) is 88.7 Å². The van der Waals surface area contributed by atoms with E-state index in [0.29, 0.717) is 80.5 Å². The van der Waals surface area contributed by atoms with E-state index in [1.54, 1.807) is 6.07 Å². The highest BCUT2D eigenvalue weighted by atomic mass is 16.5. The molecule has 1 aromatic carbocycles. The number of fused-ring (bicyclic) bond motifs is 9. The molecule has 13 atom stereocenters. The second-order valence-electron chi connectivity index (χ2n) is 18.0. The molecule has 10 bridgehead atoms. The molecule has 8 aliphatic rings. The molecule has 0 saturated carbocycles. The number of rotatable bonds is 2. The molecular formula is C42H62N6O7. The number of piperidine rings is 4. The van der Waals surface area contributed by atoms with Crippen LogP contribution in [0.2, 0.25) is 0 Å². The van der Waals surface area contributed by atoms with Gasteiger partial charge in [-0.15, -0.1) is 0 Å². The number of aromatic hydroxyl groups is 1. The van der Waals surface area contributed by atoms with Crippen LogP contribution >= 0.6 is 0 Å². The number of nitrogens with two attached hydrogens (primary N) is 1. The summed E-state index contributed by atoms with van der Waals surface area (Å²) in [5.41, 5.74) is 5.78. The third-order valence-electron chi connectivity index (χ3n) is 14.3. The van der Waals surface area contributed by atoms with E-state index in [2.05, 4.69) is 32.3 Å². The molecule has 9 rings (SSSR count). The maximum Gasteiger partial charge on any atom is 0.302 e. The number of phenolic OH excluding ortho intramolecular Hbond substituents is 1. The normalized spacial score (nSPS) is 41.7. The van der Waals surface area contributed by atoms with Crippen molar-refractivity contribution in [3.63, 3.8) is 0 Å². The summed E-state index contributed by atoms with van der Waals surface area (Å²) in [6.07, 6.45) is 6.63. The SMILES string of the molecule is CC(=O)O[C@H]1C[C@@H](O)CC[C@]2(C#C[C@H]3CCC[C@@H]4C[C@H](CCN4)Oc4cc(c(CO)cc4O)C[C@@H]13)CNC(N)=NCN1C[C@@H]3C[C@H](C1)[C@@H]1CC[C@]2(O)CN1C3. The van der Waals surface area contributed by atoms with E-state index in [1.165, 1.54) is 13.3 Å². The average molecular weight is 763 g/mol. The third kappa shape index (κ3) is 8.18. The molecule has 7 heterocycles. The maximum absolute atomic E-state index is 13.1. The Balaban J connectivity index is 1.24. The smallest absolute Gasteiger partial charge is 0.302 e. The van der Waals surface area contributed by atoms with Crippen LogP contribution in [0.3, 0.4) is 0 Å². The summed E-state index contributed by atoms with van der Waals surface area (Å²) in [7, 11) is 0. The molecule has 302 valence electrons. The molecule has 13 heteroatoms. The van der Waals surface area contributed by atoms with Gasteiger partial charge in [-0.1, -0.05) is 18.3 Å². The monoisotopic (exact) mass is 762 g/mol. The molecule has 0 amide bonds. The number of hydrogen-bond acceptors (Lipinski definition) is 13. The van der Waals surface area contributed by atoms with Crippen LogP contribution in [0.15, 0.2) is 17.1 Å². The van der Waals surface area contributed by atoms with E-state index < -0.39 is 29.2 Å². The predicted molar refractivity (Wildman–Crippen MR) is 207 cm³/mol. The van der Waals surface area contributed by atoms with Crippen LogP contribution in [0.4, 0.5) is 0 Å². The van der Waals surface area contributed by atoms with E-state index in [4.69, 9.17) is 20.2 Å². The molecule has 0 aromatic heterocycles. The highest BCUT2D eigenvalue weighted by Gasteiger charge is 2.56. The van der Waals surface area contributed by atoms with Crippen molar-refractivity contribution < 1.29 is 34.7 Å². The number of nitrogens with zero attached hydrogens (tertiary/aromatic N) is 3. The second kappa shape index (κ2) is 16.0. The summed E-state index contributed by atoms with van der Waals surface area (Å²) in [6.45, 7) is 6.17. The Morgan fingerprint density at radius 2 is 2.00 bits per heavy atom. The van der Waals surface area contributed by atoms with Crippen molar-refractivity contribution in [3.8, 4) is 23.3 Å². The predicted octanol–water partition coefficient (Wildman–Crippen LogP) is 1.83. The fraction of sp³-hybridized carbons (Fsp3) is 0.762. The molecule has 2 unspecified atom stereocenters. The summed E-state index contributed by atoms with van der Waals surface area (Å²) in [5.74, 6) is 8.21. The van der Waals surface area contributed by atoms with Crippen molar-refractivity contribution in [2.45, 2.75) is 127 Å². The van der Waals surface area contributed by atoms with Crippen molar-refractivity contribution in [3.05, 3.63) is 23.3 Å². The van der Waals surface area contributed by atoms with Crippen molar-refractivity contribution in [1.29, 1.82) is 0 Å². The van der Waals surface area contributed by atoms with Gasteiger partial charge in [0.15, 0.2) is 17.5 Å². The van der Waals surface area contributed by atoms with Gasteiger partial charge in [0.25, 0.3) is 0 Å². The Bertz CT molecular complexity index is 1670. The van der Waals surface area contributed by atoms with E-state index in [1.807, 2.05) is 6.07 Å². The quantitative estimate of drug-likeness (QED) is 0.172. The number of nitrogens with one attached hydrogen (secondary N) is 2. The molecule has 4 saturated heterocycles. The minimum absolute atomic E-state index is 0.0140. The van der Waals surface area contributed by atoms with Gasteiger partial charge in [0.05, 0.1) is 30.4 Å². The molecule has 7 aliphatic heterocycles. The van der Waals surface area contributed by atoms with Crippen molar-refractivity contribution >= 4 is 11.9 Å². The summed E-state index contributed by atoms with van der Waals surface area (Å²) in [4.78, 5) is 22.5. The molecular weight excluding hydrogens is 700 g/mol. The molecule has 1 spiro atoms. The van der Waals surface area contributed by atoms with E-state index in [0.717, 1.165) is 63.8 Å². The van der Waals surface area contributed by atoms with Gasteiger partial charge in [-0.25, -0.2) is 4.99 Å². The number of guanidine groups is 1. The number of aliphatic imine (C=N–C) groups is 1. The number of aliphatic hydroxyl groups is 3. The summed E-state index contributed by atoms with van der Waals surface area (Å²) < 4.78 is 12.5. The lowest BCUT2D eigenvalue weighted by Crippen LogP contribution is -2.67. The number of benzene rings is 1. The Morgan fingerprint density at radius 1 is 1.13 bits per heavy atom. The summed E-state index contributed by atoms with van der Waals surface area (Å²) in [6, 6.07) is 4.05. The molecule has 4 fully saturated rings. The van der Waals surface area contributed by atoms with Crippen molar-refractivity contribution in [2.75, 3.05) is 45.9 Å². The van der Waals surface area contributed by atoms with E-state index in [9.17, 15) is 25.2 Å². The molecule has 1 aromatic rings. The van der Waals surface area contributed by atoms with Gasteiger partial charge in [0, 0.05) is 70.0 Å². The molecule has 13 nitrogen and oxygen atoms in total. The van der Waals surface area contributed by atoms with Crippen molar-refractivity contribution in [2.24, 2.45) is 39.8 Å². The minimum atomic E-state index is -1.18. The number of carbonyl (C=O) groups excluding carboxylic acids is 1. The van der Waals surface area contributed by atoms with Crippen LogP contribution in [-0.2, 0) is 22.6 Å². The molecule has 8 N–H and O–H groups in total. The lowest BCUT2D eigenvalue weighted by Gasteiger charge is -2.58. The topological polar surface area (TPSA) is 185 Å². The van der Waals surface area contributed by atoms with Gasteiger partial charge in [-0.2, -0.15) is 0 Å². The zero-order valence-corrected chi connectivity index (χ0v) is 32.4. The first kappa shape index (κ1) is 38.7. The number of hydrogen-bond donors (Lipinski definition) is 7. The summed E-state index contributed by atoms with van der Waals surface area (Å²) in [5, 5.41) is 53.6. The van der Waals surface area contributed by atoms with Crippen LogP contribution in [0.5, 0.6) is 11.5 Å². The van der Waals surface area contributed by atoms with Gasteiger partial charge in [-0.3, -0.25) is 14.6 Å². The lowest BCUT2D eigenvalue weighted by molar-refractivity contribution is -0.153. The Morgan fingerprint density at radius 3 is 2.84 bits per heavy atom. The Hall–Kier alpha value is -3.12. The number of phenols is 1. The van der Waals surface area contributed by atoms with Crippen LogP contribution in [0.25, 0.3) is 0 Å². The van der Waals surface area contributed by atoms with Gasteiger partial charge in [0.1, 0.15) is 12.2 Å². The zero-order valence-electron chi connectivity index (χ0n) is 32.4. The van der Waals surface area contributed by atoms with Gasteiger partial charge < -0.3 is 46.3 Å². The first-order valence-electron chi connectivity index (χ1n) is 21.0. The Kier molecular flexibility index (Phi) is 11.3. The largest absolute Gasteiger partial charge is 0.504 e. The van der Waals surface area contributed by atoms with Gasteiger partial charge in [0.2, 0.25) is 0 Å². The minimum Gasteiger partial charge on any atom is -0.504 e. The zero-order chi connectivity index (χ0) is 38.3. The number of carbonyl (C=O) groups is 1. The fourth-order valence-corrected chi connectivity index (χ4v) is 11.5. The van der Waals surface area contributed by atoms with E-state index in [-0.39, 0.29) is 49.3 Å². The molecule has 1 aliphatic carbocycles.